The van der Waals surface area contributed by atoms with Gasteiger partial charge in [0.2, 0.25) is 0 Å². The summed E-state index contributed by atoms with van der Waals surface area (Å²) in [6, 6.07) is 0. The third-order valence-electron chi connectivity index (χ3n) is 0.768. The topological polar surface area (TPSA) is 52.3 Å². The third kappa shape index (κ3) is 9.72. The minimum atomic E-state index is -0.383. The van der Waals surface area contributed by atoms with E-state index >= 15 is 0 Å². The van der Waals surface area contributed by atoms with E-state index in [0.717, 1.165) is 0 Å². The molecular formula is C7H16ClNO2. The van der Waals surface area contributed by atoms with E-state index in [1.165, 1.54) is 0 Å². The van der Waals surface area contributed by atoms with Crippen molar-refractivity contribution in [1.29, 1.82) is 0 Å². The summed E-state index contributed by atoms with van der Waals surface area (Å²) in [6.45, 7) is 5.86. The first-order chi connectivity index (χ1) is 4.45. The molecule has 0 fully saturated rings. The smallest absolute Gasteiger partial charge is 0.307 e. The average Bonchev–Trinajstić information content (AvgIpc) is 1.59. The second-order valence-electron chi connectivity index (χ2n) is 3.13. The van der Waals surface area contributed by atoms with Gasteiger partial charge in [-0.15, -0.1) is 12.4 Å². The maximum atomic E-state index is 10.8. The molecule has 2 N–H and O–H groups in total. The van der Waals surface area contributed by atoms with Gasteiger partial charge in [-0.1, -0.05) is 0 Å². The Hall–Kier alpha value is -0.280. The number of rotatable bonds is 2. The molecule has 0 aromatic rings. The molecule has 3 nitrogen and oxygen atoms in total. The van der Waals surface area contributed by atoms with Gasteiger partial charge in [-0.25, -0.2) is 0 Å². The van der Waals surface area contributed by atoms with Crippen molar-refractivity contribution >= 4 is 18.4 Å². The Bertz CT molecular complexity index is 120. The number of ether oxygens (including phenoxy) is 1. The quantitative estimate of drug-likeness (QED) is 0.650. The van der Waals surface area contributed by atoms with Gasteiger partial charge in [-0.3, -0.25) is 4.79 Å². The number of hydrogen-bond acceptors (Lipinski definition) is 3. The van der Waals surface area contributed by atoms with Crippen LogP contribution in [0.3, 0.4) is 0 Å². The van der Waals surface area contributed by atoms with Crippen molar-refractivity contribution in [3.8, 4) is 0 Å². The standard InChI is InChI=1S/C7H15NO2.ClH/c1-7(2,3)10-6(9)4-5-8;/h4-5,8H2,1-3H3;1H. The summed E-state index contributed by atoms with van der Waals surface area (Å²) < 4.78 is 4.96. The van der Waals surface area contributed by atoms with Crippen LogP contribution in [0.25, 0.3) is 0 Å². The van der Waals surface area contributed by atoms with Gasteiger partial charge in [0.25, 0.3) is 0 Å². The minimum absolute atomic E-state index is 0. The van der Waals surface area contributed by atoms with Crippen LogP contribution in [0.15, 0.2) is 0 Å². The molecule has 0 saturated carbocycles. The number of hydrogen-bond donors (Lipinski definition) is 1. The van der Waals surface area contributed by atoms with Gasteiger partial charge in [0, 0.05) is 6.54 Å². The van der Waals surface area contributed by atoms with Crippen molar-refractivity contribution in [3.63, 3.8) is 0 Å². The summed E-state index contributed by atoms with van der Waals surface area (Å²) in [7, 11) is 0. The predicted molar refractivity (Wildman–Crippen MR) is 46.8 cm³/mol. The predicted octanol–water partition coefficient (Wildman–Crippen LogP) is 1.10. The Labute approximate surface area is 73.7 Å². The highest BCUT2D eigenvalue weighted by molar-refractivity contribution is 5.85. The molecule has 11 heavy (non-hydrogen) atoms. The van der Waals surface area contributed by atoms with Crippen LogP contribution in [-0.2, 0) is 9.53 Å². The number of carbonyl (C=O) groups excluding carboxylic acids is 1. The monoisotopic (exact) mass is 181 g/mol. The maximum Gasteiger partial charge on any atom is 0.307 e. The Morgan fingerprint density at radius 2 is 1.91 bits per heavy atom. The molecule has 0 radical (unpaired) electrons. The second kappa shape index (κ2) is 5.38. The third-order valence-corrected chi connectivity index (χ3v) is 0.768. The molecule has 68 valence electrons. The van der Waals surface area contributed by atoms with Gasteiger partial charge < -0.3 is 10.5 Å². The fourth-order valence-corrected chi connectivity index (χ4v) is 0.510. The number of carbonyl (C=O) groups is 1. The van der Waals surface area contributed by atoms with Crippen LogP contribution in [0.5, 0.6) is 0 Å². The molecule has 0 unspecified atom stereocenters. The molecule has 0 saturated heterocycles. The maximum absolute atomic E-state index is 10.8. The van der Waals surface area contributed by atoms with Crippen molar-refractivity contribution in [2.24, 2.45) is 5.73 Å². The molecule has 0 bridgehead atoms. The molecule has 0 amide bonds. The molecule has 0 aliphatic carbocycles. The van der Waals surface area contributed by atoms with E-state index in [1.54, 1.807) is 0 Å². The zero-order valence-electron chi connectivity index (χ0n) is 7.22. The molecule has 4 heteroatoms. The van der Waals surface area contributed by atoms with Crippen LogP contribution < -0.4 is 5.73 Å². The van der Waals surface area contributed by atoms with Crippen molar-refractivity contribution < 1.29 is 9.53 Å². The molecule has 0 heterocycles. The van der Waals surface area contributed by atoms with Gasteiger partial charge >= 0.3 is 5.97 Å². The Morgan fingerprint density at radius 1 is 1.45 bits per heavy atom. The fraction of sp³-hybridized carbons (Fsp3) is 0.857. The van der Waals surface area contributed by atoms with Crippen LogP contribution in [0, 0.1) is 0 Å². The lowest BCUT2D eigenvalue weighted by Crippen LogP contribution is -2.25. The molecular weight excluding hydrogens is 166 g/mol. The van der Waals surface area contributed by atoms with Gasteiger partial charge in [-0.05, 0) is 20.8 Å². The number of nitrogens with two attached hydrogens (primary N) is 1. The zero-order valence-corrected chi connectivity index (χ0v) is 8.03. The van der Waals surface area contributed by atoms with Crippen molar-refractivity contribution in [3.05, 3.63) is 0 Å². The zero-order chi connectivity index (χ0) is 8.20. The molecule has 0 aliphatic rings. The summed E-state index contributed by atoms with van der Waals surface area (Å²) in [5.74, 6) is -0.227. The van der Waals surface area contributed by atoms with E-state index in [-0.39, 0.29) is 24.0 Å². The molecule has 0 aromatic heterocycles. The summed E-state index contributed by atoms with van der Waals surface area (Å²) in [5, 5.41) is 0. The summed E-state index contributed by atoms with van der Waals surface area (Å²) in [4.78, 5) is 10.8. The highest BCUT2D eigenvalue weighted by Gasteiger charge is 2.14. The van der Waals surface area contributed by atoms with Gasteiger partial charge in [-0.2, -0.15) is 0 Å². The summed E-state index contributed by atoms with van der Waals surface area (Å²) >= 11 is 0. The van der Waals surface area contributed by atoms with E-state index in [0.29, 0.717) is 13.0 Å². The normalized spacial score (nSPS) is 10.2. The van der Waals surface area contributed by atoms with Gasteiger partial charge in [0.15, 0.2) is 0 Å². The number of esters is 1. The van der Waals surface area contributed by atoms with Gasteiger partial charge in [0.05, 0.1) is 6.42 Å². The molecule has 0 aromatic carbocycles. The Morgan fingerprint density at radius 3 is 2.18 bits per heavy atom. The van der Waals surface area contributed by atoms with E-state index in [1.807, 2.05) is 20.8 Å². The van der Waals surface area contributed by atoms with E-state index in [4.69, 9.17) is 10.5 Å². The number of halogens is 1. The molecule has 0 rings (SSSR count). The summed E-state index contributed by atoms with van der Waals surface area (Å²) in [5.41, 5.74) is 4.76. The Kier molecular flexibility index (Phi) is 6.52. The lowest BCUT2D eigenvalue weighted by Gasteiger charge is -2.18. The highest BCUT2D eigenvalue weighted by Crippen LogP contribution is 2.07. The lowest BCUT2D eigenvalue weighted by atomic mass is 10.2. The molecule has 0 aliphatic heterocycles. The van der Waals surface area contributed by atoms with E-state index in [9.17, 15) is 4.79 Å². The van der Waals surface area contributed by atoms with E-state index in [2.05, 4.69) is 0 Å². The second-order valence-corrected chi connectivity index (χ2v) is 3.13. The van der Waals surface area contributed by atoms with Crippen LogP contribution in [-0.4, -0.2) is 18.1 Å². The Balaban J connectivity index is 0. The van der Waals surface area contributed by atoms with Crippen LogP contribution >= 0.6 is 12.4 Å². The van der Waals surface area contributed by atoms with Crippen molar-refractivity contribution in [2.45, 2.75) is 32.8 Å². The highest BCUT2D eigenvalue weighted by atomic mass is 35.5. The summed E-state index contributed by atoms with van der Waals surface area (Å²) in [6.07, 6.45) is 0.303. The first-order valence-corrected chi connectivity index (χ1v) is 3.37. The molecule has 0 atom stereocenters. The molecule has 0 spiro atoms. The van der Waals surface area contributed by atoms with Gasteiger partial charge in [0.1, 0.15) is 5.60 Å². The largest absolute Gasteiger partial charge is 0.460 e. The lowest BCUT2D eigenvalue weighted by molar-refractivity contribution is -0.154. The van der Waals surface area contributed by atoms with Crippen molar-refractivity contribution in [2.75, 3.05) is 6.54 Å². The van der Waals surface area contributed by atoms with Crippen LogP contribution in [0.1, 0.15) is 27.2 Å². The minimum Gasteiger partial charge on any atom is -0.460 e. The van der Waals surface area contributed by atoms with E-state index < -0.39 is 0 Å². The SMILES string of the molecule is CC(C)(C)OC(=O)CCN.Cl. The van der Waals surface area contributed by atoms with Crippen LogP contribution in [0.2, 0.25) is 0 Å². The average molecular weight is 182 g/mol. The van der Waals surface area contributed by atoms with Crippen LogP contribution in [0.4, 0.5) is 0 Å². The fourth-order valence-electron chi connectivity index (χ4n) is 0.510. The van der Waals surface area contributed by atoms with Crippen molar-refractivity contribution in [1.82, 2.24) is 0 Å². The first-order valence-electron chi connectivity index (χ1n) is 3.37. The first kappa shape index (κ1) is 13.3.